The van der Waals surface area contributed by atoms with Crippen LogP contribution in [0.25, 0.3) is 11.5 Å². The summed E-state index contributed by atoms with van der Waals surface area (Å²) < 4.78 is 32.2. The number of carboxylic acids is 1. The highest BCUT2D eigenvalue weighted by Gasteiger charge is 2.24. The Bertz CT molecular complexity index is 682. The molecule has 0 aliphatic rings. The molecule has 0 aliphatic carbocycles. The van der Waals surface area contributed by atoms with E-state index in [1.54, 1.807) is 13.8 Å². The Balaban J connectivity index is 2.62. The first-order chi connectivity index (χ1) is 9.31. The molecular formula is C13H10ClF2NO3. The summed E-state index contributed by atoms with van der Waals surface area (Å²) in [4.78, 5) is 15.0. The van der Waals surface area contributed by atoms with E-state index in [2.05, 4.69) is 4.98 Å². The quantitative estimate of drug-likeness (QED) is 0.867. The molecule has 1 heterocycles. The van der Waals surface area contributed by atoms with Crippen LogP contribution in [-0.2, 0) is 0 Å². The lowest BCUT2D eigenvalue weighted by Gasteiger charge is -2.00. The van der Waals surface area contributed by atoms with Gasteiger partial charge in [0, 0.05) is 0 Å². The minimum atomic E-state index is -1.32. The number of halogens is 3. The van der Waals surface area contributed by atoms with Gasteiger partial charge in [0.25, 0.3) is 0 Å². The summed E-state index contributed by atoms with van der Waals surface area (Å²) in [5, 5.41) is 8.65. The average Bonchev–Trinajstić information content (AvgIpc) is 2.78. The molecule has 1 aromatic heterocycles. The van der Waals surface area contributed by atoms with E-state index in [-0.39, 0.29) is 33.8 Å². The molecule has 0 saturated heterocycles. The fraction of sp³-hybridized carbons (Fsp3) is 0.231. The summed E-state index contributed by atoms with van der Waals surface area (Å²) in [5.41, 5.74) is -0.108. The number of carbonyl (C=O) groups is 1. The molecule has 20 heavy (non-hydrogen) atoms. The molecule has 2 aromatic rings. The molecule has 106 valence electrons. The molecule has 0 spiro atoms. The number of oxazole rings is 1. The molecule has 0 aliphatic heterocycles. The van der Waals surface area contributed by atoms with Crippen LogP contribution in [-0.4, -0.2) is 16.1 Å². The van der Waals surface area contributed by atoms with E-state index in [4.69, 9.17) is 21.1 Å². The smallest absolute Gasteiger partial charge is 0.373 e. The first kappa shape index (κ1) is 14.5. The molecule has 0 radical (unpaired) electrons. The Labute approximate surface area is 118 Å². The predicted octanol–water partition coefficient (Wildman–Crippen LogP) is 4.09. The van der Waals surface area contributed by atoms with Crippen molar-refractivity contribution >= 4 is 17.6 Å². The van der Waals surface area contributed by atoms with E-state index in [0.29, 0.717) is 0 Å². The molecule has 7 heteroatoms. The lowest BCUT2D eigenvalue weighted by atomic mass is 10.1. The van der Waals surface area contributed by atoms with Crippen molar-refractivity contribution in [2.45, 2.75) is 19.8 Å². The Morgan fingerprint density at radius 3 is 2.50 bits per heavy atom. The minimum Gasteiger partial charge on any atom is -0.475 e. The van der Waals surface area contributed by atoms with E-state index in [1.807, 2.05) is 0 Å². The summed E-state index contributed by atoms with van der Waals surface area (Å²) in [5.74, 6) is -3.92. The van der Waals surface area contributed by atoms with Crippen LogP contribution in [0.5, 0.6) is 0 Å². The van der Waals surface area contributed by atoms with Gasteiger partial charge in [0.1, 0.15) is 11.6 Å². The fourth-order valence-corrected chi connectivity index (χ4v) is 1.83. The van der Waals surface area contributed by atoms with Crippen molar-refractivity contribution in [1.82, 2.24) is 4.98 Å². The van der Waals surface area contributed by atoms with Crippen molar-refractivity contribution in [3.63, 3.8) is 0 Å². The van der Waals surface area contributed by atoms with Crippen molar-refractivity contribution in [1.29, 1.82) is 0 Å². The molecule has 1 N–H and O–H groups in total. The van der Waals surface area contributed by atoms with Gasteiger partial charge >= 0.3 is 5.97 Å². The molecule has 0 fully saturated rings. The van der Waals surface area contributed by atoms with Gasteiger partial charge < -0.3 is 9.52 Å². The molecule has 0 unspecified atom stereocenters. The van der Waals surface area contributed by atoms with Gasteiger partial charge in [-0.25, -0.2) is 18.6 Å². The van der Waals surface area contributed by atoms with E-state index in [1.165, 1.54) is 0 Å². The lowest BCUT2D eigenvalue weighted by Crippen LogP contribution is -2.01. The van der Waals surface area contributed by atoms with E-state index >= 15 is 0 Å². The molecule has 0 saturated carbocycles. The number of hydrogen-bond donors (Lipinski definition) is 1. The topological polar surface area (TPSA) is 63.3 Å². The second kappa shape index (κ2) is 5.20. The summed E-state index contributed by atoms with van der Waals surface area (Å²) in [6.07, 6.45) is 0. The van der Waals surface area contributed by atoms with E-state index < -0.39 is 17.6 Å². The van der Waals surface area contributed by atoms with Gasteiger partial charge in [0.2, 0.25) is 11.7 Å². The maximum atomic E-state index is 13.8. The Morgan fingerprint density at radius 2 is 2.00 bits per heavy atom. The standard InChI is InChI=1S/C13H10ClF2NO3/c1-5(2)10-11(13(18)19)20-12(17-10)6-3-9(16)7(14)4-8(6)15/h3-5H,1-2H3,(H,18,19). The number of benzene rings is 1. The molecular weight excluding hydrogens is 292 g/mol. The summed E-state index contributed by atoms with van der Waals surface area (Å²) in [7, 11) is 0. The minimum absolute atomic E-state index is 0.169. The van der Waals surface area contributed by atoms with Gasteiger partial charge in [0.15, 0.2) is 0 Å². The summed E-state index contributed by atoms with van der Waals surface area (Å²) >= 11 is 5.45. The van der Waals surface area contributed by atoms with E-state index in [9.17, 15) is 13.6 Å². The van der Waals surface area contributed by atoms with Crippen LogP contribution in [0.1, 0.15) is 36.0 Å². The SMILES string of the molecule is CC(C)c1nc(-c2cc(F)c(Cl)cc2F)oc1C(=O)O. The Kier molecular flexibility index (Phi) is 3.76. The first-order valence-corrected chi connectivity index (χ1v) is 6.08. The van der Waals surface area contributed by atoms with Crippen LogP contribution in [0.4, 0.5) is 8.78 Å². The lowest BCUT2D eigenvalue weighted by molar-refractivity contribution is 0.0661. The van der Waals surface area contributed by atoms with Crippen LogP contribution in [0.2, 0.25) is 5.02 Å². The van der Waals surface area contributed by atoms with Gasteiger partial charge in [-0.15, -0.1) is 0 Å². The van der Waals surface area contributed by atoms with Crippen LogP contribution >= 0.6 is 11.6 Å². The number of nitrogens with zero attached hydrogens (tertiary/aromatic N) is 1. The number of carboxylic acid groups (broad SMARTS) is 1. The summed E-state index contributed by atoms with van der Waals surface area (Å²) in [6, 6.07) is 1.60. The van der Waals surface area contributed by atoms with Gasteiger partial charge in [-0.1, -0.05) is 25.4 Å². The molecule has 2 rings (SSSR count). The molecule has 0 atom stereocenters. The number of aromatic nitrogens is 1. The maximum Gasteiger partial charge on any atom is 0.373 e. The zero-order valence-electron chi connectivity index (χ0n) is 10.6. The van der Waals surface area contributed by atoms with Gasteiger partial charge in [-0.05, 0) is 18.1 Å². The van der Waals surface area contributed by atoms with Crippen LogP contribution < -0.4 is 0 Å². The third kappa shape index (κ3) is 2.51. The second-order valence-corrected chi connectivity index (χ2v) is 4.85. The largest absolute Gasteiger partial charge is 0.475 e. The zero-order valence-corrected chi connectivity index (χ0v) is 11.3. The van der Waals surface area contributed by atoms with Crippen molar-refractivity contribution in [2.24, 2.45) is 0 Å². The third-order valence-corrected chi connectivity index (χ3v) is 2.92. The molecule has 1 aromatic carbocycles. The van der Waals surface area contributed by atoms with Crippen molar-refractivity contribution in [3.8, 4) is 11.5 Å². The number of hydrogen-bond acceptors (Lipinski definition) is 3. The molecule has 0 bridgehead atoms. The third-order valence-electron chi connectivity index (χ3n) is 2.63. The highest BCUT2D eigenvalue weighted by molar-refractivity contribution is 6.30. The molecule has 4 nitrogen and oxygen atoms in total. The van der Waals surface area contributed by atoms with E-state index in [0.717, 1.165) is 12.1 Å². The molecule has 0 amide bonds. The second-order valence-electron chi connectivity index (χ2n) is 4.44. The summed E-state index contributed by atoms with van der Waals surface area (Å²) in [6.45, 7) is 3.43. The zero-order chi connectivity index (χ0) is 15.0. The average molecular weight is 302 g/mol. The fourth-order valence-electron chi connectivity index (χ4n) is 1.68. The van der Waals surface area contributed by atoms with Gasteiger partial charge in [0.05, 0.1) is 16.3 Å². The highest BCUT2D eigenvalue weighted by Crippen LogP contribution is 2.30. The van der Waals surface area contributed by atoms with Crippen LogP contribution in [0.15, 0.2) is 16.5 Å². The normalized spacial score (nSPS) is 11.1. The van der Waals surface area contributed by atoms with Gasteiger partial charge in [-0.3, -0.25) is 0 Å². The number of aromatic carboxylic acids is 1. The Morgan fingerprint density at radius 1 is 1.35 bits per heavy atom. The Hall–Kier alpha value is -1.95. The van der Waals surface area contributed by atoms with Crippen LogP contribution in [0, 0.1) is 11.6 Å². The number of rotatable bonds is 3. The van der Waals surface area contributed by atoms with Crippen molar-refractivity contribution in [2.75, 3.05) is 0 Å². The van der Waals surface area contributed by atoms with Gasteiger partial charge in [-0.2, -0.15) is 0 Å². The highest BCUT2D eigenvalue weighted by atomic mass is 35.5. The first-order valence-electron chi connectivity index (χ1n) is 5.70. The van der Waals surface area contributed by atoms with Crippen LogP contribution in [0.3, 0.4) is 0 Å². The van der Waals surface area contributed by atoms with Crippen molar-refractivity contribution in [3.05, 3.63) is 40.2 Å². The monoisotopic (exact) mass is 301 g/mol. The maximum absolute atomic E-state index is 13.8. The van der Waals surface area contributed by atoms with Crippen molar-refractivity contribution < 1.29 is 23.1 Å². The predicted molar refractivity (Wildman–Crippen MR) is 67.9 cm³/mol.